The normalized spacial score (nSPS) is 15.9. The van der Waals surface area contributed by atoms with Crippen molar-refractivity contribution in [2.45, 2.75) is 57.9 Å². The van der Waals surface area contributed by atoms with Gasteiger partial charge in [-0.1, -0.05) is 43.9 Å². The number of nitrogens with one attached hydrogen (secondary N) is 2. The third kappa shape index (κ3) is 5.96. The van der Waals surface area contributed by atoms with Crippen LogP contribution >= 0.6 is 0 Å². The number of para-hydroxylation sites is 1. The lowest BCUT2D eigenvalue weighted by Gasteiger charge is -2.16. The molecule has 1 aliphatic carbocycles. The second kappa shape index (κ2) is 9.34. The third-order valence-corrected chi connectivity index (χ3v) is 4.15. The van der Waals surface area contributed by atoms with Crippen LogP contribution in [0.3, 0.4) is 0 Å². The molecule has 0 aliphatic heterocycles. The number of urea groups is 1. The van der Waals surface area contributed by atoms with Crippen LogP contribution in [-0.2, 0) is 0 Å². The molecule has 0 spiro atoms. The Morgan fingerprint density at radius 2 is 1.91 bits per heavy atom. The number of hydrogen-bond acceptors (Lipinski definition) is 2. The van der Waals surface area contributed by atoms with Gasteiger partial charge in [-0.05, 0) is 37.8 Å². The monoisotopic (exact) mass is 304 g/mol. The molecule has 122 valence electrons. The Kier molecular flexibility index (Phi) is 7.07. The highest BCUT2D eigenvalue weighted by molar-refractivity contribution is 5.74. The number of benzene rings is 1. The highest BCUT2D eigenvalue weighted by Crippen LogP contribution is 2.17. The molecule has 0 bridgehead atoms. The summed E-state index contributed by atoms with van der Waals surface area (Å²) >= 11 is 0. The highest BCUT2D eigenvalue weighted by atomic mass is 16.5. The van der Waals surface area contributed by atoms with E-state index in [1.165, 1.54) is 25.7 Å². The van der Waals surface area contributed by atoms with Crippen LogP contribution in [0, 0.1) is 6.92 Å². The lowest BCUT2D eigenvalue weighted by atomic mass is 10.1. The van der Waals surface area contributed by atoms with Crippen molar-refractivity contribution in [1.82, 2.24) is 10.6 Å². The van der Waals surface area contributed by atoms with E-state index in [0.29, 0.717) is 19.2 Å². The van der Waals surface area contributed by atoms with Gasteiger partial charge in [0.1, 0.15) is 5.75 Å². The summed E-state index contributed by atoms with van der Waals surface area (Å²) in [5, 5.41) is 6.01. The zero-order valence-electron chi connectivity index (χ0n) is 13.6. The molecule has 1 aromatic carbocycles. The summed E-state index contributed by atoms with van der Waals surface area (Å²) < 4.78 is 5.71. The number of ether oxygens (including phenoxy) is 1. The van der Waals surface area contributed by atoms with E-state index in [0.717, 1.165) is 30.6 Å². The summed E-state index contributed by atoms with van der Waals surface area (Å²) in [6.45, 7) is 3.30. The van der Waals surface area contributed by atoms with Gasteiger partial charge in [-0.3, -0.25) is 0 Å². The van der Waals surface area contributed by atoms with E-state index in [2.05, 4.69) is 10.6 Å². The van der Waals surface area contributed by atoms with Crippen molar-refractivity contribution in [1.29, 1.82) is 0 Å². The van der Waals surface area contributed by atoms with Gasteiger partial charge < -0.3 is 15.4 Å². The van der Waals surface area contributed by atoms with Crippen molar-refractivity contribution >= 4 is 6.03 Å². The zero-order chi connectivity index (χ0) is 15.6. The van der Waals surface area contributed by atoms with Crippen LogP contribution in [0.15, 0.2) is 24.3 Å². The molecule has 4 heteroatoms. The van der Waals surface area contributed by atoms with E-state index in [4.69, 9.17) is 4.74 Å². The van der Waals surface area contributed by atoms with Gasteiger partial charge in [0.25, 0.3) is 0 Å². The lowest BCUT2D eigenvalue weighted by Crippen LogP contribution is -2.42. The zero-order valence-corrected chi connectivity index (χ0v) is 13.6. The Morgan fingerprint density at radius 3 is 2.64 bits per heavy atom. The van der Waals surface area contributed by atoms with E-state index >= 15 is 0 Å². The van der Waals surface area contributed by atoms with Crippen molar-refractivity contribution in [3.63, 3.8) is 0 Å². The van der Waals surface area contributed by atoms with Crippen molar-refractivity contribution in [2.24, 2.45) is 0 Å². The maximum absolute atomic E-state index is 11.8. The highest BCUT2D eigenvalue weighted by Gasteiger charge is 2.13. The first-order valence-electron chi connectivity index (χ1n) is 8.48. The molecule has 2 N–H and O–H groups in total. The Hall–Kier alpha value is -1.71. The van der Waals surface area contributed by atoms with Crippen LogP contribution in [0.2, 0.25) is 0 Å². The maximum Gasteiger partial charge on any atom is 0.315 e. The molecule has 4 nitrogen and oxygen atoms in total. The first-order valence-corrected chi connectivity index (χ1v) is 8.48. The molecular formula is C18H28N2O2. The smallest absolute Gasteiger partial charge is 0.315 e. The third-order valence-electron chi connectivity index (χ3n) is 4.15. The molecule has 1 aromatic rings. The fraction of sp³-hybridized carbons (Fsp3) is 0.611. The number of aryl methyl sites for hydroxylation is 1. The number of carbonyl (C=O) groups is 1. The van der Waals surface area contributed by atoms with Gasteiger partial charge in [0.2, 0.25) is 0 Å². The van der Waals surface area contributed by atoms with Crippen LogP contribution in [0.4, 0.5) is 4.79 Å². The van der Waals surface area contributed by atoms with Gasteiger partial charge in [0, 0.05) is 12.6 Å². The number of rotatable bonds is 6. The van der Waals surface area contributed by atoms with E-state index in [9.17, 15) is 4.79 Å². The van der Waals surface area contributed by atoms with Crippen LogP contribution in [-0.4, -0.2) is 25.2 Å². The molecule has 0 heterocycles. The fourth-order valence-electron chi connectivity index (χ4n) is 2.83. The van der Waals surface area contributed by atoms with Crippen LogP contribution in [0.1, 0.15) is 50.5 Å². The number of carbonyl (C=O) groups excluding carboxylic acids is 1. The van der Waals surface area contributed by atoms with Gasteiger partial charge in [0.05, 0.1) is 6.61 Å². The molecule has 0 aromatic heterocycles. The summed E-state index contributed by atoms with van der Waals surface area (Å²) in [4.78, 5) is 11.8. The summed E-state index contributed by atoms with van der Waals surface area (Å²) in [5.74, 6) is 0.922. The van der Waals surface area contributed by atoms with Crippen LogP contribution < -0.4 is 15.4 Å². The van der Waals surface area contributed by atoms with E-state index in [1.54, 1.807) is 0 Å². The topological polar surface area (TPSA) is 50.4 Å². The SMILES string of the molecule is Cc1ccccc1OCCCNC(=O)NC1CCCCCC1. The number of hydrogen-bond donors (Lipinski definition) is 2. The Bertz CT molecular complexity index is 454. The average Bonchev–Trinajstić information content (AvgIpc) is 2.77. The van der Waals surface area contributed by atoms with E-state index in [-0.39, 0.29) is 6.03 Å². The second-order valence-corrected chi connectivity index (χ2v) is 6.06. The minimum absolute atomic E-state index is 0.0391. The Labute approximate surface area is 133 Å². The molecular weight excluding hydrogens is 276 g/mol. The quantitative estimate of drug-likeness (QED) is 0.620. The maximum atomic E-state index is 11.8. The standard InChI is InChI=1S/C18H28N2O2/c1-15-9-6-7-12-17(15)22-14-8-13-19-18(21)20-16-10-4-2-3-5-11-16/h6-7,9,12,16H,2-5,8,10-11,13-14H2,1H3,(H2,19,20,21). The molecule has 22 heavy (non-hydrogen) atoms. The molecule has 0 saturated heterocycles. The molecule has 2 rings (SSSR count). The summed E-state index contributed by atoms with van der Waals surface area (Å²) in [6, 6.07) is 8.30. The molecule has 0 radical (unpaired) electrons. The van der Waals surface area contributed by atoms with E-state index in [1.807, 2.05) is 31.2 Å². The second-order valence-electron chi connectivity index (χ2n) is 6.06. The van der Waals surface area contributed by atoms with Crippen molar-refractivity contribution < 1.29 is 9.53 Å². The first-order chi connectivity index (χ1) is 10.8. The number of amides is 2. The van der Waals surface area contributed by atoms with Gasteiger partial charge >= 0.3 is 6.03 Å². The van der Waals surface area contributed by atoms with Crippen LogP contribution in [0.5, 0.6) is 5.75 Å². The molecule has 1 fully saturated rings. The van der Waals surface area contributed by atoms with Gasteiger partial charge in [0.15, 0.2) is 0 Å². The van der Waals surface area contributed by atoms with Gasteiger partial charge in [-0.15, -0.1) is 0 Å². The predicted octanol–water partition coefficient (Wildman–Crippen LogP) is 3.79. The lowest BCUT2D eigenvalue weighted by molar-refractivity contribution is 0.234. The Morgan fingerprint density at radius 1 is 1.18 bits per heavy atom. The van der Waals surface area contributed by atoms with Crippen molar-refractivity contribution in [3.05, 3.63) is 29.8 Å². The summed E-state index contributed by atoms with van der Waals surface area (Å²) in [6.07, 6.45) is 8.11. The minimum atomic E-state index is -0.0391. The molecule has 0 unspecified atom stereocenters. The summed E-state index contributed by atoms with van der Waals surface area (Å²) in [7, 11) is 0. The molecule has 2 amide bonds. The predicted molar refractivity (Wildman–Crippen MR) is 89.3 cm³/mol. The van der Waals surface area contributed by atoms with E-state index < -0.39 is 0 Å². The molecule has 1 saturated carbocycles. The van der Waals surface area contributed by atoms with Crippen molar-refractivity contribution in [2.75, 3.05) is 13.2 Å². The largest absolute Gasteiger partial charge is 0.493 e. The Balaban J connectivity index is 1.56. The van der Waals surface area contributed by atoms with Gasteiger partial charge in [-0.2, -0.15) is 0 Å². The molecule has 0 atom stereocenters. The minimum Gasteiger partial charge on any atom is -0.493 e. The summed E-state index contributed by atoms with van der Waals surface area (Å²) in [5.41, 5.74) is 1.14. The first kappa shape index (κ1) is 16.7. The van der Waals surface area contributed by atoms with Crippen LogP contribution in [0.25, 0.3) is 0 Å². The van der Waals surface area contributed by atoms with Crippen molar-refractivity contribution in [3.8, 4) is 5.75 Å². The average molecular weight is 304 g/mol. The van der Waals surface area contributed by atoms with Gasteiger partial charge in [-0.25, -0.2) is 4.79 Å². The fourth-order valence-corrected chi connectivity index (χ4v) is 2.83. The molecule has 1 aliphatic rings.